The van der Waals surface area contributed by atoms with Gasteiger partial charge < -0.3 is 10.1 Å². The number of halogens is 1. The summed E-state index contributed by atoms with van der Waals surface area (Å²) >= 11 is 0. The topological polar surface area (TPSA) is 75.7 Å². The molecule has 1 N–H and O–H groups in total. The van der Waals surface area contributed by atoms with E-state index < -0.39 is 23.2 Å². The van der Waals surface area contributed by atoms with E-state index in [2.05, 4.69) is 10.1 Å². The zero-order valence-electron chi connectivity index (χ0n) is 18.1. The highest BCUT2D eigenvalue weighted by molar-refractivity contribution is 6.12. The van der Waals surface area contributed by atoms with E-state index in [0.29, 0.717) is 24.0 Å². The standard InChI is InChI=1S/C25H27FN2O4/c1-32-21(29)13-16-27-23(30)22-17-9-3-4-10-18(17)24(31)28(20-12-6-5-11-19(20)26)25(22)14-7-2-8-15-25/h3-6,9-12,22H,2,7-8,13-16H2,1H3,(H,27,30)/t22-/m1/s1. The Bertz CT molecular complexity index is 1030. The molecule has 1 spiro atoms. The number of ether oxygens (including phenoxy) is 1. The number of nitrogens with zero attached hydrogens (tertiary/aromatic N) is 1. The number of benzene rings is 2. The monoisotopic (exact) mass is 438 g/mol. The summed E-state index contributed by atoms with van der Waals surface area (Å²) in [6.45, 7) is 0.133. The molecule has 2 aromatic carbocycles. The van der Waals surface area contributed by atoms with Crippen molar-refractivity contribution >= 4 is 23.5 Å². The minimum atomic E-state index is -0.874. The van der Waals surface area contributed by atoms with Crippen molar-refractivity contribution < 1.29 is 23.5 Å². The number of carbonyl (C=O) groups is 3. The molecular weight excluding hydrogens is 411 g/mol. The van der Waals surface area contributed by atoms with Gasteiger partial charge in [0.05, 0.1) is 30.7 Å². The van der Waals surface area contributed by atoms with Gasteiger partial charge >= 0.3 is 5.97 Å². The number of anilines is 1. The quantitative estimate of drug-likeness (QED) is 0.718. The molecule has 1 fully saturated rings. The molecule has 2 aromatic rings. The molecule has 1 heterocycles. The number of rotatable bonds is 5. The van der Waals surface area contributed by atoms with Crippen molar-refractivity contribution in [1.29, 1.82) is 0 Å². The summed E-state index contributed by atoms with van der Waals surface area (Å²) in [6.07, 6.45) is 3.92. The first-order chi connectivity index (χ1) is 15.5. The molecule has 168 valence electrons. The highest BCUT2D eigenvalue weighted by Gasteiger charge is 2.55. The van der Waals surface area contributed by atoms with E-state index in [9.17, 15) is 18.8 Å². The van der Waals surface area contributed by atoms with Gasteiger partial charge in [0.1, 0.15) is 5.82 Å². The Kier molecular flexibility index (Phi) is 6.26. The Balaban J connectivity index is 1.83. The third-order valence-electron chi connectivity index (χ3n) is 6.62. The van der Waals surface area contributed by atoms with Crippen molar-refractivity contribution in [3.63, 3.8) is 0 Å². The van der Waals surface area contributed by atoms with Crippen LogP contribution in [0.1, 0.15) is 60.4 Å². The first-order valence-electron chi connectivity index (χ1n) is 11.0. The lowest BCUT2D eigenvalue weighted by Crippen LogP contribution is -2.63. The van der Waals surface area contributed by atoms with Gasteiger partial charge in [-0.25, -0.2) is 4.39 Å². The van der Waals surface area contributed by atoms with Crippen LogP contribution < -0.4 is 10.2 Å². The number of hydrogen-bond acceptors (Lipinski definition) is 4. The molecule has 0 saturated heterocycles. The fourth-order valence-corrected chi connectivity index (χ4v) is 5.22. The normalized spacial score (nSPS) is 19.4. The van der Waals surface area contributed by atoms with Crippen molar-refractivity contribution in [2.24, 2.45) is 0 Å². The molecule has 32 heavy (non-hydrogen) atoms. The molecule has 6 nitrogen and oxygen atoms in total. The molecule has 1 saturated carbocycles. The number of methoxy groups -OCH3 is 1. The smallest absolute Gasteiger partial charge is 0.307 e. The van der Waals surface area contributed by atoms with Gasteiger partial charge in [-0.3, -0.25) is 19.3 Å². The van der Waals surface area contributed by atoms with Crippen molar-refractivity contribution in [3.05, 3.63) is 65.5 Å². The van der Waals surface area contributed by atoms with Crippen LogP contribution in [0.5, 0.6) is 0 Å². The summed E-state index contributed by atoms with van der Waals surface area (Å²) < 4.78 is 19.6. The Morgan fingerprint density at radius 2 is 1.78 bits per heavy atom. The van der Waals surface area contributed by atoms with Gasteiger partial charge in [0.15, 0.2) is 0 Å². The molecule has 0 unspecified atom stereocenters. The second-order valence-corrected chi connectivity index (χ2v) is 8.39. The zero-order chi connectivity index (χ0) is 22.7. The summed E-state index contributed by atoms with van der Waals surface area (Å²) in [5.41, 5.74) is 0.380. The molecule has 2 amide bonds. The predicted octanol–water partition coefficient (Wildman–Crippen LogP) is 3.95. The van der Waals surface area contributed by atoms with E-state index in [1.165, 1.54) is 18.1 Å². The number of carbonyl (C=O) groups excluding carboxylic acids is 3. The Labute approximate surface area is 186 Å². The van der Waals surface area contributed by atoms with Crippen LogP contribution in [0.4, 0.5) is 10.1 Å². The molecule has 0 radical (unpaired) electrons. The van der Waals surface area contributed by atoms with Crippen LogP contribution in [0.15, 0.2) is 48.5 Å². The highest BCUT2D eigenvalue weighted by atomic mass is 19.1. The van der Waals surface area contributed by atoms with Gasteiger partial charge in [0.25, 0.3) is 5.91 Å². The van der Waals surface area contributed by atoms with E-state index in [1.807, 2.05) is 12.1 Å². The Morgan fingerprint density at radius 3 is 2.50 bits per heavy atom. The second kappa shape index (κ2) is 9.10. The average Bonchev–Trinajstić information content (AvgIpc) is 2.81. The maximum absolute atomic E-state index is 15.0. The average molecular weight is 438 g/mol. The summed E-state index contributed by atoms with van der Waals surface area (Å²) in [7, 11) is 1.30. The first-order valence-corrected chi connectivity index (χ1v) is 11.0. The van der Waals surface area contributed by atoms with Crippen LogP contribution in [-0.2, 0) is 14.3 Å². The SMILES string of the molecule is COC(=O)CCNC(=O)[C@H]1c2ccccc2C(=O)N(c2ccccc2F)C12CCCCC2. The van der Waals surface area contributed by atoms with E-state index in [1.54, 1.807) is 30.3 Å². The Hall–Kier alpha value is -3.22. The van der Waals surface area contributed by atoms with E-state index in [0.717, 1.165) is 19.3 Å². The predicted molar refractivity (Wildman–Crippen MR) is 118 cm³/mol. The van der Waals surface area contributed by atoms with Crippen LogP contribution in [0, 0.1) is 5.82 Å². The van der Waals surface area contributed by atoms with Gasteiger partial charge in [-0.15, -0.1) is 0 Å². The largest absolute Gasteiger partial charge is 0.469 e. The van der Waals surface area contributed by atoms with Gasteiger partial charge in [0, 0.05) is 12.1 Å². The fourth-order valence-electron chi connectivity index (χ4n) is 5.22. The second-order valence-electron chi connectivity index (χ2n) is 8.39. The number of amides is 2. The zero-order valence-corrected chi connectivity index (χ0v) is 18.1. The summed E-state index contributed by atoms with van der Waals surface area (Å²) in [6, 6.07) is 13.3. The third-order valence-corrected chi connectivity index (χ3v) is 6.62. The molecule has 0 aromatic heterocycles. The number of para-hydroxylation sites is 1. The third kappa shape index (κ3) is 3.76. The van der Waals surface area contributed by atoms with Crippen molar-refractivity contribution in [3.8, 4) is 0 Å². The van der Waals surface area contributed by atoms with Gasteiger partial charge in [-0.05, 0) is 36.6 Å². The lowest BCUT2D eigenvalue weighted by molar-refractivity contribution is -0.140. The van der Waals surface area contributed by atoms with Crippen molar-refractivity contribution in [2.45, 2.75) is 50.0 Å². The number of esters is 1. The number of nitrogens with one attached hydrogen (secondary N) is 1. The van der Waals surface area contributed by atoms with Gasteiger partial charge in [-0.1, -0.05) is 49.6 Å². The van der Waals surface area contributed by atoms with Crippen LogP contribution in [-0.4, -0.2) is 37.0 Å². The highest BCUT2D eigenvalue weighted by Crippen LogP contribution is 2.51. The first kappa shape index (κ1) is 22.0. The molecule has 1 aliphatic carbocycles. The van der Waals surface area contributed by atoms with Crippen molar-refractivity contribution in [2.75, 3.05) is 18.6 Å². The van der Waals surface area contributed by atoms with Crippen LogP contribution in [0.2, 0.25) is 0 Å². The number of fused-ring (bicyclic) bond motifs is 1. The van der Waals surface area contributed by atoms with E-state index >= 15 is 0 Å². The minimum absolute atomic E-state index is 0.0551. The van der Waals surface area contributed by atoms with Crippen LogP contribution >= 0.6 is 0 Å². The lowest BCUT2D eigenvalue weighted by Gasteiger charge is -2.53. The van der Waals surface area contributed by atoms with Crippen LogP contribution in [0.3, 0.4) is 0 Å². The van der Waals surface area contributed by atoms with Crippen LogP contribution in [0.25, 0.3) is 0 Å². The maximum Gasteiger partial charge on any atom is 0.307 e. The van der Waals surface area contributed by atoms with Gasteiger partial charge in [0.2, 0.25) is 5.91 Å². The fraction of sp³-hybridized carbons (Fsp3) is 0.400. The molecule has 1 atom stereocenters. The number of hydrogen-bond donors (Lipinski definition) is 1. The molecule has 2 aliphatic rings. The maximum atomic E-state index is 15.0. The molecule has 7 heteroatoms. The Morgan fingerprint density at radius 1 is 1.09 bits per heavy atom. The van der Waals surface area contributed by atoms with E-state index in [-0.39, 0.29) is 30.5 Å². The van der Waals surface area contributed by atoms with E-state index in [4.69, 9.17) is 0 Å². The minimum Gasteiger partial charge on any atom is -0.469 e. The summed E-state index contributed by atoms with van der Waals surface area (Å²) in [5, 5.41) is 2.86. The molecule has 4 rings (SSSR count). The summed E-state index contributed by atoms with van der Waals surface area (Å²) in [5.74, 6) is -2.13. The summed E-state index contributed by atoms with van der Waals surface area (Å²) in [4.78, 5) is 40.3. The van der Waals surface area contributed by atoms with Gasteiger partial charge in [-0.2, -0.15) is 0 Å². The molecule has 0 bridgehead atoms. The van der Waals surface area contributed by atoms with Crippen molar-refractivity contribution in [1.82, 2.24) is 5.32 Å². The lowest BCUT2D eigenvalue weighted by atomic mass is 9.65. The molecular formula is C25H27FN2O4. The molecule has 1 aliphatic heterocycles.